The number of aliphatic hydroxyl groups is 1. The third kappa shape index (κ3) is 1.99. The molecule has 76 valence electrons. The molecule has 0 aliphatic carbocycles. The van der Waals surface area contributed by atoms with E-state index in [-0.39, 0.29) is 5.56 Å². The summed E-state index contributed by atoms with van der Waals surface area (Å²) in [5, 5.41) is 19.0. The maximum atomic E-state index is 12.2. The van der Waals surface area contributed by atoms with Crippen LogP contribution in [0, 0.1) is 10.1 Å². The van der Waals surface area contributed by atoms with Crippen LogP contribution in [0.1, 0.15) is 17.7 Å². The van der Waals surface area contributed by atoms with Crippen LogP contribution < -0.4 is 0 Å². The second kappa shape index (κ2) is 4.05. The van der Waals surface area contributed by atoms with E-state index in [9.17, 15) is 18.9 Å². The molecule has 0 atom stereocenters. The number of aliphatic hydroxyl groups excluding tert-OH is 1. The second-order valence-electron chi connectivity index (χ2n) is 2.46. The van der Waals surface area contributed by atoms with Gasteiger partial charge >= 0.3 is 0 Å². The molecule has 0 spiro atoms. The minimum atomic E-state index is -3.00. The summed E-state index contributed by atoms with van der Waals surface area (Å²) in [6, 6.07) is 0.883. The van der Waals surface area contributed by atoms with Gasteiger partial charge in [0.2, 0.25) is 0 Å². The summed E-state index contributed by atoms with van der Waals surface area (Å²) in [4.78, 5) is 12.6. The van der Waals surface area contributed by atoms with Crippen LogP contribution in [0.5, 0.6) is 0 Å². The molecule has 0 radical (unpaired) electrons. The zero-order chi connectivity index (χ0) is 10.7. The van der Waals surface area contributed by atoms with Crippen LogP contribution in [-0.4, -0.2) is 15.0 Å². The molecule has 0 bridgehead atoms. The Hall–Kier alpha value is -1.63. The minimum Gasteiger partial charge on any atom is -0.392 e. The number of pyridine rings is 1. The molecule has 7 heteroatoms. The molecule has 0 aliphatic heterocycles. The topological polar surface area (TPSA) is 76.3 Å². The van der Waals surface area contributed by atoms with E-state index < -0.39 is 29.3 Å². The van der Waals surface area contributed by atoms with Crippen molar-refractivity contribution in [1.82, 2.24) is 4.98 Å². The number of alkyl halides is 2. The first-order valence-electron chi connectivity index (χ1n) is 3.58. The van der Waals surface area contributed by atoms with Crippen LogP contribution in [-0.2, 0) is 6.61 Å². The molecule has 1 aromatic rings. The predicted molar refractivity (Wildman–Crippen MR) is 41.8 cm³/mol. The molecule has 0 unspecified atom stereocenters. The normalized spacial score (nSPS) is 10.6. The quantitative estimate of drug-likeness (QED) is 0.596. The number of aromatic nitrogens is 1. The van der Waals surface area contributed by atoms with Crippen molar-refractivity contribution < 1.29 is 18.8 Å². The lowest BCUT2D eigenvalue weighted by Gasteiger charge is -2.01. The van der Waals surface area contributed by atoms with E-state index in [0.29, 0.717) is 0 Å². The van der Waals surface area contributed by atoms with E-state index in [2.05, 4.69) is 4.98 Å². The highest BCUT2D eigenvalue weighted by Gasteiger charge is 2.23. The highest BCUT2D eigenvalue weighted by Crippen LogP contribution is 2.27. The first kappa shape index (κ1) is 10.5. The maximum absolute atomic E-state index is 12.2. The van der Waals surface area contributed by atoms with Crippen molar-refractivity contribution in [2.24, 2.45) is 0 Å². The van der Waals surface area contributed by atoms with E-state index in [4.69, 9.17) is 5.11 Å². The Morgan fingerprint density at radius 2 is 2.29 bits per heavy atom. The van der Waals surface area contributed by atoms with E-state index in [1.807, 2.05) is 0 Å². The van der Waals surface area contributed by atoms with Crippen molar-refractivity contribution >= 4 is 5.69 Å². The zero-order valence-corrected chi connectivity index (χ0v) is 6.85. The second-order valence-corrected chi connectivity index (χ2v) is 2.46. The van der Waals surface area contributed by atoms with Gasteiger partial charge in [-0.2, -0.15) is 0 Å². The monoisotopic (exact) mass is 204 g/mol. The number of hydrogen-bond donors (Lipinski definition) is 1. The van der Waals surface area contributed by atoms with Gasteiger partial charge in [0.25, 0.3) is 12.1 Å². The van der Waals surface area contributed by atoms with Gasteiger partial charge in [-0.25, -0.2) is 13.8 Å². The third-order valence-electron chi connectivity index (χ3n) is 1.54. The fraction of sp³-hybridized carbons (Fsp3) is 0.286. The van der Waals surface area contributed by atoms with Gasteiger partial charge in [0, 0.05) is 17.8 Å². The Morgan fingerprint density at radius 1 is 1.64 bits per heavy atom. The van der Waals surface area contributed by atoms with Crippen molar-refractivity contribution in [3.63, 3.8) is 0 Å². The summed E-state index contributed by atoms with van der Waals surface area (Å²) < 4.78 is 24.4. The number of hydrogen-bond acceptors (Lipinski definition) is 4. The van der Waals surface area contributed by atoms with E-state index in [1.165, 1.54) is 0 Å². The van der Waals surface area contributed by atoms with Gasteiger partial charge in [0.05, 0.1) is 11.5 Å². The predicted octanol–water partition coefficient (Wildman–Crippen LogP) is 1.42. The summed E-state index contributed by atoms with van der Waals surface area (Å²) in [6.45, 7) is -0.475. The van der Waals surface area contributed by atoms with Gasteiger partial charge in [-0.1, -0.05) is 0 Å². The Balaban J connectivity index is 3.24. The van der Waals surface area contributed by atoms with Crippen LogP contribution in [0.25, 0.3) is 0 Å². The average Bonchev–Trinajstić information content (AvgIpc) is 2.16. The van der Waals surface area contributed by atoms with Gasteiger partial charge in [-0.3, -0.25) is 10.1 Å². The standard InChI is InChI=1S/C7H6F2N2O3/c8-7(9)6-5(11(13)14)1-4(3-12)2-10-6/h1-2,7,12H,3H2. The van der Waals surface area contributed by atoms with E-state index in [1.54, 1.807) is 0 Å². The Kier molecular flexibility index (Phi) is 3.03. The Labute approximate surface area is 77.2 Å². The molecule has 1 aromatic heterocycles. The molecule has 0 aromatic carbocycles. The van der Waals surface area contributed by atoms with Crippen molar-refractivity contribution in [1.29, 1.82) is 0 Å². The minimum absolute atomic E-state index is 0.126. The SMILES string of the molecule is O=[N+]([O-])c1cc(CO)cnc1C(F)F. The first-order valence-corrected chi connectivity index (χ1v) is 3.58. The highest BCUT2D eigenvalue weighted by molar-refractivity contribution is 5.38. The van der Waals surface area contributed by atoms with Gasteiger partial charge in [-0.05, 0) is 0 Å². The van der Waals surface area contributed by atoms with Crippen molar-refractivity contribution in [2.75, 3.05) is 0 Å². The van der Waals surface area contributed by atoms with E-state index in [0.717, 1.165) is 12.3 Å². The van der Waals surface area contributed by atoms with Gasteiger partial charge in [0.15, 0.2) is 5.69 Å². The van der Waals surface area contributed by atoms with Crippen molar-refractivity contribution in [2.45, 2.75) is 13.0 Å². The summed E-state index contributed by atoms with van der Waals surface area (Å²) in [6.07, 6.45) is -2.02. The molecular formula is C7H6F2N2O3. The molecule has 0 aliphatic rings. The molecule has 1 N–H and O–H groups in total. The molecule has 0 saturated carbocycles. The molecule has 1 rings (SSSR count). The van der Waals surface area contributed by atoms with Crippen LogP contribution in [0.2, 0.25) is 0 Å². The van der Waals surface area contributed by atoms with Crippen LogP contribution in [0.4, 0.5) is 14.5 Å². The molecule has 5 nitrogen and oxygen atoms in total. The summed E-state index contributed by atoms with van der Waals surface area (Å²) in [7, 11) is 0. The molecule has 14 heavy (non-hydrogen) atoms. The number of halogens is 2. The number of nitro groups is 1. The summed E-state index contributed by atoms with van der Waals surface area (Å²) in [5.74, 6) is 0. The third-order valence-corrected chi connectivity index (χ3v) is 1.54. The zero-order valence-electron chi connectivity index (χ0n) is 6.85. The number of rotatable bonds is 3. The lowest BCUT2D eigenvalue weighted by molar-refractivity contribution is -0.386. The Morgan fingerprint density at radius 3 is 2.71 bits per heavy atom. The molecule has 0 saturated heterocycles. The van der Waals surface area contributed by atoms with Crippen LogP contribution >= 0.6 is 0 Å². The highest BCUT2D eigenvalue weighted by atomic mass is 19.3. The smallest absolute Gasteiger partial charge is 0.297 e. The number of nitrogens with zero attached hydrogens (tertiary/aromatic N) is 2. The van der Waals surface area contributed by atoms with Gasteiger partial charge < -0.3 is 5.11 Å². The average molecular weight is 204 g/mol. The Bertz CT molecular complexity index is 357. The first-order chi connectivity index (χ1) is 6.56. The maximum Gasteiger partial charge on any atom is 0.297 e. The fourth-order valence-electron chi connectivity index (χ4n) is 0.906. The molecule has 1 heterocycles. The largest absolute Gasteiger partial charge is 0.392 e. The van der Waals surface area contributed by atoms with Crippen molar-refractivity contribution in [3.8, 4) is 0 Å². The lowest BCUT2D eigenvalue weighted by atomic mass is 10.2. The molecular weight excluding hydrogens is 198 g/mol. The van der Waals surface area contributed by atoms with Gasteiger partial charge in [0.1, 0.15) is 0 Å². The summed E-state index contributed by atoms with van der Waals surface area (Å²) in [5.41, 5.74) is -1.53. The van der Waals surface area contributed by atoms with Crippen LogP contribution in [0.15, 0.2) is 12.3 Å². The fourth-order valence-corrected chi connectivity index (χ4v) is 0.906. The van der Waals surface area contributed by atoms with Crippen molar-refractivity contribution in [3.05, 3.63) is 33.6 Å². The van der Waals surface area contributed by atoms with Gasteiger partial charge in [-0.15, -0.1) is 0 Å². The molecule has 0 fully saturated rings. The lowest BCUT2D eigenvalue weighted by Crippen LogP contribution is -2.00. The molecule has 0 amide bonds. The van der Waals surface area contributed by atoms with E-state index >= 15 is 0 Å². The summed E-state index contributed by atoms with van der Waals surface area (Å²) >= 11 is 0. The van der Waals surface area contributed by atoms with Crippen LogP contribution in [0.3, 0.4) is 0 Å².